The van der Waals surface area contributed by atoms with E-state index in [2.05, 4.69) is 92.1 Å². The topological polar surface area (TPSA) is 12.5 Å². The van der Waals surface area contributed by atoms with Crippen molar-refractivity contribution in [1.82, 2.24) is 4.90 Å². The average molecular weight is 498 g/mol. The number of rotatable bonds is 12. The van der Waals surface area contributed by atoms with Gasteiger partial charge in [0.1, 0.15) is 6.73 Å². The third-order valence-electron chi connectivity index (χ3n) is 4.38. The summed E-state index contributed by atoms with van der Waals surface area (Å²) in [6.07, 6.45) is 19.7. The highest BCUT2D eigenvalue weighted by molar-refractivity contribution is 7.11. The number of hydrogen-bond donors (Lipinski definition) is 0. The summed E-state index contributed by atoms with van der Waals surface area (Å²) < 4.78 is 5.53. The standard InChI is InChI=1S/C15H21NOS.C11H12S.C4H10/c1-4-7-14(16(3)13-17-11-5-2)9-10-15-8-6-12-18-15;1-3-10(4-2)7-8-11-6-5-9-12-11;1-3-4-2/h4,6-10,12H,1,5,11,13H2,2-3H3;3-9H,1H2,2H3;3-4H2,1-2H3/b10-9+,14-7-;8-7+,10-4+;. The largest absolute Gasteiger partial charge is 0.361 e. The van der Waals surface area contributed by atoms with Gasteiger partial charge in [-0.2, -0.15) is 0 Å². The first-order valence-electron chi connectivity index (χ1n) is 11.9. The summed E-state index contributed by atoms with van der Waals surface area (Å²) in [5, 5.41) is 4.15. The first kappa shape index (κ1) is 31.6. The summed E-state index contributed by atoms with van der Waals surface area (Å²) in [4.78, 5) is 4.59. The van der Waals surface area contributed by atoms with Crippen molar-refractivity contribution in [2.45, 2.75) is 47.0 Å². The zero-order valence-corrected chi connectivity index (χ0v) is 23.3. The number of likely N-dealkylation sites (N-methyl/N-ethyl adjacent to an activating group) is 1. The minimum absolute atomic E-state index is 0.599. The second-order valence-electron chi connectivity index (χ2n) is 7.25. The number of ether oxygens (including phenoxy) is 1. The maximum Gasteiger partial charge on any atom is 0.118 e. The van der Waals surface area contributed by atoms with Crippen LogP contribution in [0.3, 0.4) is 0 Å². The first-order chi connectivity index (χ1) is 16.6. The van der Waals surface area contributed by atoms with E-state index >= 15 is 0 Å². The van der Waals surface area contributed by atoms with Crippen LogP contribution in [-0.2, 0) is 4.74 Å². The lowest BCUT2D eigenvalue weighted by Gasteiger charge is -2.20. The van der Waals surface area contributed by atoms with Crippen LogP contribution in [0.4, 0.5) is 0 Å². The van der Waals surface area contributed by atoms with Crippen LogP contribution in [0.5, 0.6) is 0 Å². The lowest BCUT2D eigenvalue weighted by Crippen LogP contribution is -2.20. The molecule has 0 unspecified atom stereocenters. The van der Waals surface area contributed by atoms with Gasteiger partial charge in [0.15, 0.2) is 0 Å². The van der Waals surface area contributed by atoms with Crippen LogP contribution in [0.1, 0.15) is 56.7 Å². The average Bonchev–Trinajstić information content (AvgIpc) is 3.57. The molecule has 0 aliphatic rings. The molecule has 0 bridgehead atoms. The highest BCUT2D eigenvalue weighted by Crippen LogP contribution is 2.14. The quantitative estimate of drug-likeness (QED) is 0.164. The lowest BCUT2D eigenvalue weighted by molar-refractivity contribution is 0.0623. The van der Waals surface area contributed by atoms with E-state index < -0.39 is 0 Å². The van der Waals surface area contributed by atoms with Crippen LogP contribution in [0, 0.1) is 0 Å². The number of nitrogens with zero attached hydrogens (tertiary/aromatic N) is 1. The molecule has 0 radical (unpaired) electrons. The molecule has 2 rings (SSSR count). The van der Waals surface area contributed by atoms with E-state index in [-0.39, 0.29) is 0 Å². The molecule has 2 aromatic rings. The molecule has 2 nitrogen and oxygen atoms in total. The van der Waals surface area contributed by atoms with E-state index in [1.807, 2.05) is 38.3 Å². The van der Waals surface area contributed by atoms with Crippen molar-refractivity contribution < 1.29 is 4.74 Å². The molecule has 0 aliphatic heterocycles. The fraction of sp³-hybridized carbons (Fsp3) is 0.333. The molecule has 0 amide bonds. The number of unbranched alkanes of at least 4 members (excludes halogenated alkanes) is 1. The molecule has 0 aromatic carbocycles. The Hall–Kier alpha value is -2.40. The monoisotopic (exact) mass is 497 g/mol. The van der Waals surface area contributed by atoms with Crippen LogP contribution in [-0.4, -0.2) is 25.3 Å². The predicted octanol–water partition coefficient (Wildman–Crippen LogP) is 9.85. The van der Waals surface area contributed by atoms with Crippen LogP contribution in [0.25, 0.3) is 12.2 Å². The van der Waals surface area contributed by atoms with E-state index in [4.69, 9.17) is 4.74 Å². The van der Waals surface area contributed by atoms with Crippen molar-refractivity contribution in [3.05, 3.63) is 106 Å². The summed E-state index contributed by atoms with van der Waals surface area (Å²) in [7, 11) is 2.02. The van der Waals surface area contributed by atoms with E-state index in [9.17, 15) is 0 Å². The molecule has 0 saturated heterocycles. The highest BCUT2D eigenvalue weighted by atomic mass is 32.1. The minimum atomic E-state index is 0.599. The van der Waals surface area contributed by atoms with Gasteiger partial charge in [-0.1, -0.05) is 83.2 Å². The van der Waals surface area contributed by atoms with Gasteiger partial charge in [0, 0.05) is 29.1 Å². The molecule has 0 aliphatic carbocycles. The molecule has 0 fully saturated rings. The molecule has 2 heterocycles. The summed E-state index contributed by atoms with van der Waals surface area (Å²) >= 11 is 3.46. The van der Waals surface area contributed by atoms with Crippen LogP contribution < -0.4 is 0 Å². The molecular formula is C30H43NOS2. The normalized spacial score (nSPS) is 11.6. The molecule has 34 heavy (non-hydrogen) atoms. The maximum atomic E-state index is 5.53. The number of allylic oxidation sites excluding steroid dienone is 7. The van der Waals surface area contributed by atoms with E-state index in [1.165, 1.54) is 22.6 Å². The second kappa shape index (κ2) is 22.4. The van der Waals surface area contributed by atoms with Crippen molar-refractivity contribution in [3.8, 4) is 0 Å². The summed E-state index contributed by atoms with van der Waals surface area (Å²) in [6, 6.07) is 8.29. The third-order valence-corrected chi connectivity index (χ3v) is 6.05. The van der Waals surface area contributed by atoms with Gasteiger partial charge in [-0.3, -0.25) is 0 Å². The van der Waals surface area contributed by atoms with Gasteiger partial charge in [0.25, 0.3) is 0 Å². The Balaban J connectivity index is 0.000000584. The SMILES string of the molecule is C=C/C=C(/C=C/c1cccs1)N(C)COCCC.C=CC(/C=C/c1cccs1)=C\C.CCCC. The maximum absolute atomic E-state index is 5.53. The summed E-state index contributed by atoms with van der Waals surface area (Å²) in [5.74, 6) is 0. The van der Waals surface area contributed by atoms with Crippen molar-refractivity contribution in [1.29, 1.82) is 0 Å². The van der Waals surface area contributed by atoms with Gasteiger partial charge in [0.05, 0.1) is 0 Å². The smallest absolute Gasteiger partial charge is 0.118 e. The van der Waals surface area contributed by atoms with E-state index in [0.29, 0.717) is 6.73 Å². The second-order valence-corrected chi connectivity index (χ2v) is 9.21. The molecular weight excluding hydrogens is 454 g/mol. The Kier molecular flexibility index (Phi) is 20.8. The van der Waals surface area contributed by atoms with Crippen LogP contribution in [0.15, 0.2) is 95.9 Å². The van der Waals surface area contributed by atoms with E-state index in [0.717, 1.165) is 24.3 Å². The molecule has 0 atom stereocenters. The van der Waals surface area contributed by atoms with Gasteiger partial charge in [-0.25, -0.2) is 0 Å². The predicted molar refractivity (Wildman–Crippen MR) is 158 cm³/mol. The molecule has 186 valence electrons. The molecule has 0 saturated carbocycles. The zero-order valence-electron chi connectivity index (χ0n) is 21.7. The number of hydrogen-bond acceptors (Lipinski definition) is 4. The van der Waals surface area contributed by atoms with Crippen molar-refractivity contribution in [2.24, 2.45) is 0 Å². The minimum Gasteiger partial charge on any atom is -0.361 e. The molecule has 0 spiro atoms. The fourth-order valence-corrected chi connectivity index (χ4v) is 3.49. The van der Waals surface area contributed by atoms with Gasteiger partial charge in [-0.15, -0.1) is 22.7 Å². The summed E-state index contributed by atoms with van der Waals surface area (Å²) in [5.41, 5.74) is 2.25. The zero-order chi connectivity index (χ0) is 25.4. The van der Waals surface area contributed by atoms with Crippen molar-refractivity contribution >= 4 is 34.8 Å². The van der Waals surface area contributed by atoms with Gasteiger partial charge in [-0.05, 0) is 66.1 Å². The first-order valence-corrected chi connectivity index (χ1v) is 13.6. The Labute approximate surface area is 217 Å². The Morgan fingerprint density at radius 1 is 0.941 bits per heavy atom. The van der Waals surface area contributed by atoms with Crippen molar-refractivity contribution in [2.75, 3.05) is 20.4 Å². The number of thiophene rings is 2. The highest BCUT2D eigenvalue weighted by Gasteiger charge is 2.00. The van der Waals surface area contributed by atoms with Crippen molar-refractivity contribution in [3.63, 3.8) is 0 Å². The fourth-order valence-electron chi connectivity index (χ4n) is 2.25. The van der Waals surface area contributed by atoms with E-state index in [1.54, 1.807) is 28.7 Å². The summed E-state index contributed by atoms with van der Waals surface area (Å²) in [6.45, 7) is 17.3. The Bertz CT molecular complexity index is 854. The third kappa shape index (κ3) is 16.2. The van der Waals surface area contributed by atoms with Crippen LogP contribution in [0.2, 0.25) is 0 Å². The molecule has 0 N–H and O–H groups in total. The lowest BCUT2D eigenvalue weighted by atomic mass is 10.2. The molecule has 4 heteroatoms. The van der Waals surface area contributed by atoms with Crippen LogP contribution >= 0.6 is 22.7 Å². The Morgan fingerprint density at radius 2 is 1.53 bits per heavy atom. The molecule has 2 aromatic heterocycles. The van der Waals surface area contributed by atoms with Gasteiger partial charge < -0.3 is 9.64 Å². The Morgan fingerprint density at radius 3 is 1.94 bits per heavy atom. The van der Waals surface area contributed by atoms with Gasteiger partial charge >= 0.3 is 0 Å². The van der Waals surface area contributed by atoms with Gasteiger partial charge in [0.2, 0.25) is 0 Å².